The molecule has 7 nitrogen and oxygen atoms in total. The Labute approximate surface area is 212 Å². The number of amides is 1. The molecule has 0 aliphatic carbocycles. The Morgan fingerprint density at radius 2 is 1.94 bits per heavy atom. The molecule has 1 aliphatic heterocycles. The minimum Gasteiger partial charge on any atom is -0.494 e. The number of carbonyl (C=O) groups is 2. The van der Waals surface area contributed by atoms with Gasteiger partial charge < -0.3 is 19.6 Å². The number of methoxy groups -OCH3 is 1. The van der Waals surface area contributed by atoms with Crippen molar-refractivity contribution in [2.75, 3.05) is 25.8 Å². The molecule has 1 heterocycles. The zero-order valence-corrected chi connectivity index (χ0v) is 22.0. The molecule has 0 radical (unpaired) electrons. The number of anilines is 1. The number of rotatable bonds is 10. The van der Waals surface area contributed by atoms with Crippen LogP contribution in [-0.2, 0) is 9.53 Å². The second kappa shape index (κ2) is 14.3. The lowest BCUT2D eigenvalue weighted by Crippen LogP contribution is -2.39. The largest absolute Gasteiger partial charge is 0.494 e. The molecule has 0 aromatic heterocycles. The van der Waals surface area contributed by atoms with Gasteiger partial charge in [0.25, 0.3) is 5.91 Å². The van der Waals surface area contributed by atoms with Gasteiger partial charge in [0.2, 0.25) is 0 Å². The summed E-state index contributed by atoms with van der Waals surface area (Å²) in [7, 11) is 3.25. The summed E-state index contributed by atoms with van der Waals surface area (Å²) in [5.41, 5.74) is 3.54. The van der Waals surface area contributed by atoms with Crippen LogP contribution >= 0.6 is 11.8 Å². The van der Waals surface area contributed by atoms with Crippen LogP contribution in [-0.4, -0.2) is 39.7 Å². The normalized spacial score (nSPS) is 13.7. The highest BCUT2D eigenvalue weighted by Crippen LogP contribution is 2.39. The van der Waals surface area contributed by atoms with E-state index in [1.807, 2.05) is 0 Å². The van der Waals surface area contributed by atoms with Gasteiger partial charge in [-0.3, -0.25) is 4.79 Å². The number of unbranched alkanes of at least 4 members (excludes halogenated alkanes) is 1. The van der Waals surface area contributed by atoms with E-state index in [9.17, 15) is 9.59 Å². The van der Waals surface area contributed by atoms with Crippen LogP contribution in [0.3, 0.4) is 0 Å². The van der Waals surface area contributed by atoms with E-state index in [-0.39, 0.29) is 5.91 Å². The van der Waals surface area contributed by atoms with Crippen LogP contribution in [0.1, 0.15) is 54.1 Å². The van der Waals surface area contributed by atoms with Gasteiger partial charge in [0, 0.05) is 43.2 Å². The Balaban J connectivity index is 0.00000137. The smallest absolute Gasteiger partial charge is 0.259 e. The van der Waals surface area contributed by atoms with Gasteiger partial charge in [-0.25, -0.2) is 5.01 Å². The molecule has 1 aliphatic rings. The number of ether oxygens (including phenoxy) is 2. The molecular formula is C27H35N3O4S. The van der Waals surface area contributed by atoms with Crippen LogP contribution < -0.4 is 15.1 Å². The van der Waals surface area contributed by atoms with E-state index in [0.717, 1.165) is 28.9 Å². The van der Waals surface area contributed by atoms with Gasteiger partial charge in [-0.05, 0) is 50.5 Å². The summed E-state index contributed by atoms with van der Waals surface area (Å²) < 4.78 is 10.0. The molecule has 0 atom stereocenters. The first-order chi connectivity index (χ1) is 16.9. The van der Waals surface area contributed by atoms with Crippen LogP contribution in [0.2, 0.25) is 0 Å². The second-order valence-electron chi connectivity index (χ2n) is 8.04. The number of hydrogen-bond acceptors (Lipinski definition) is 7. The average Bonchev–Trinajstić information content (AvgIpc) is 2.83. The van der Waals surface area contributed by atoms with Gasteiger partial charge in [-0.1, -0.05) is 42.8 Å². The van der Waals surface area contributed by atoms with Gasteiger partial charge in [-0.2, -0.15) is 5.10 Å². The van der Waals surface area contributed by atoms with Gasteiger partial charge >= 0.3 is 0 Å². The molecule has 0 unspecified atom stereocenters. The lowest BCUT2D eigenvalue weighted by Gasteiger charge is -2.31. The van der Waals surface area contributed by atoms with E-state index in [1.54, 1.807) is 49.2 Å². The highest BCUT2D eigenvalue weighted by molar-refractivity contribution is 8.03. The number of nitrogens with one attached hydrogen (secondary N) is 1. The van der Waals surface area contributed by atoms with Gasteiger partial charge in [-0.15, -0.1) is 0 Å². The maximum Gasteiger partial charge on any atom is 0.259 e. The first-order valence-electron chi connectivity index (χ1n) is 11.6. The van der Waals surface area contributed by atoms with E-state index in [4.69, 9.17) is 4.74 Å². The molecule has 188 valence electrons. The van der Waals surface area contributed by atoms with Crippen LogP contribution in [0.15, 0.2) is 57.1 Å². The third kappa shape index (κ3) is 7.70. The molecule has 35 heavy (non-hydrogen) atoms. The molecule has 0 saturated heterocycles. The molecule has 0 bridgehead atoms. The monoisotopic (exact) mass is 497 g/mol. The first-order valence-corrected chi connectivity index (χ1v) is 12.4. The van der Waals surface area contributed by atoms with Crippen molar-refractivity contribution in [3.63, 3.8) is 0 Å². The van der Waals surface area contributed by atoms with E-state index in [0.29, 0.717) is 42.3 Å². The van der Waals surface area contributed by atoms with Gasteiger partial charge in [0.15, 0.2) is 0 Å². The van der Waals surface area contributed by atoms with E-state index >= 15 is 0 Å². The Hall–Kier alpha value is -3.10. The molecule has 0 spiro atoms. The maximum atomic E-state index is 12.9. The Morgan fingerprint density at radius 3 is 2.57 bits per heavy atom. The third-order valence-electron chi connectivity index (χ3n) is 5.07. The highest BCUT2D eigenvalue weighted by atomic mass is 32.2. The van der Waals surface area contributed by atoms with Crippen molar-refractivity contribution in [3.8, 4) is 5.75 Å². The number of hydrazone groups is 1. The molecule has 3 rings (SSSR count). The number of benzene rings is 2. The Kier molecular flexibility index (Phi) is 11.5. The van der Waals surface area contributed by atoms with Crippen molar-refractivity contribution in [2.45, 2.75) is 51.3 Å². The second-order valence-corrected chi connectivity index (χ2v) is 9.18. The van der Waals surface area contributed by atoms with Crippen LogP contribution in [0.4, 0.5) is 5.69 Å². The summed E-state index contributed by atoms with van der Waals surface area (Å²) >= 11 is 1.65. The van der Waals surface area contributed by atoms with Crippen molar-refractivity contribution in [1.29, 1.82) is 0 Å². The average molecular weight is 498 g/mol. The van der Waals surface area contributed by atoms with Crippen molar-refractivity contribution >= 4 is 36.4 Å². The topological polar surface area (TPSA) is 80.2 Å². The number of nitrogens with zero attached hydrogens (tertiary/aromatic N) is 2. The van der Waals surface area contributed by atoms with E-state index < -0.39 is 0 Å². The van der Waals surface area contributed by atoms with E-state index in [2.05, 4.69) is 60.8 Å². The summed E-state index contributed by atoms with van der Waals surface area (Å²) in [6.45, 7) is 10.5. The standard InChI is InChI=1S/C25H29N3O3S.C2H6O/c1-5-8-23(32-22-12-9-17(2)15-18(22)3)24-27-25(30)20-11-10-19(31-14-7-6-13-29)16-21(20)28(24)26-4;1-3-2/h9-13,15-16H,4-8,14H2,1-3H3,(H,27,30);1-2H3/b24-23+;. The SMILES string of the molecule is C=NN1/C(=C(\CCC)Sc2ccc(C)cc2C)NC(=O)c2ccc(OCCCC=O)cc21.COC. The lowest BCUT2D eigenvalue weighted by molar-refractivity contribution is -0.108. The highest BCUT2D eigenvalue weighted by Gasteiger charge is 2.29. The summed E-state index contributed by atoms with van der Waals surface area (Å²) in [4.78, 5) is 25.6. The number of thioether (sulfide) groups is 1. The summed E-state index contributed by atoms with van der Waals surface area (Å²) in [5, 5.41) is 8.93. The van der Waals surface area contributed by atoms with E-state index in [1.165, 1.54) is 11.1 Å². The number of hydrogen-bond donors (Lipinski definition) is 1. The molecule has 1 N–H and O–H groups in total. The number of carbonyl (C=O) groups excluding carboxylic acids is 2. The molecule has 0 fully saturated rings. The summed E-state index contributed by atoms with van der Waals surface area (Å²) in [6, 6.07) is 11.6. The predicted molar refractivity (Wildman–Crippen MR) is 143 cm³/mol. The maximum absolute atomic E-state index is 12.9. The van der Waals surface area contributed by atoms with Crippen molar-refractivity contribution in [2.24, 2.45) is 5.10 Å². The van der Waals surface area contributed by atoms with Crippen molar-refractivity contribution in [3.05, 3.63) is 63.8 Å². The summed E-state index contributed by atoms with van der Waals surface area (Å²) in [6.07, 6.45) is 3.68. The molecule has 0 saturated carbocycles. The summed E-state index contributed by atoms with van der Waals surface area (Å²) in [5.74, 6) is 1.07. The van der Waals surface area contributed by atoms with Crippen LogP contribution in [0.5, 0.6) is 5.75 Å². The number of fused-ring (bicyclic) bond motifs is 1. The fraction of sp³-hybridized carbons (Fsp3) is 0.370. The molecule has 2 aromatic rings. The zero-order chi connectivity index (χ0) is 25.8. The quantitative estimate of drug-likeness (QED) is 0.192. The Bertz CT molecular complexity index is 1070. The van der Waals surface area contributed by atoms with Crippen LogP contribution in [0, 0.1) is 13.8 Å². The zero-order valence-electron chi connectivity index (χ0n) is 21.2. The lowest BCUT2D eigenvalue weighted by atomic mass is 10.1. The number of aldehydes is 1. The van der Waals surface area contributed by atoms with Gasteiger partial charge in [0.1, 0.15) is 17.9 Å². The van der Waals surface area contributed by atoms with Gasteiger partial charge in [0.05, 0.1) is 17.9 Å². The predicted octanol–water partition coefficient (Wildman–Crippen LogP) is 5.85. The molecule has 8 heteroatoms. The third-order valence-corrected chi connectivity index (χ3v) is 6.39. The first kappa shape index (κ1) is 28.1. The Morgan fingerprint density at radius 1 is 1.20 bits per heavy atom. The van der Waals surface area contributed by atoms with Crippen LogP contribution in [0.25, 0.3) is 0 Å². The minimum absolute atomic E-state index is 0.183. The van der Waals surface area contributed by atoms with Crippen molar-refractivity contribution in [1.82, 2.24) is 5.32 Å². The minimum atomic E-state index is -0.183. The molecule has 2 aromatic carbocycles. The number of aryl methyl sites for hydroxylation is 2. The number of allylic oxidation sites excluding steroid dienone is 1. The fourth-order valence-electron chi connectivity index (χ4n) is 3.50. The fourth-order valence-corrected chi connectivity index (χ4v) is 4.66. The van der Waals surface area contributed by atoms with Crippen molar-refractivity contribution < 1.29 is 19.1 Å². The molecular weight excluding hydrogens is 462 g/mol. The molecule has 1 amide bonds.